The molecule has 1 atom stereocenters. The van der Waals surface area contributed by atoms with Crippen molar-refractivity contribution in [3.8, 4) is 0 Å². The highest BCUT2D eigenvalue weighted by atomic mass is 127. The normalized spacial score (nSPS) is 15.9. The van der Waals surface area contributed by atoms with E-state index in [9.17, 15) is 0 Å². The maximum atomic E-state index is 6.28. The molecule has 1 saturated heterocycles. The van der Waals surface area contributed by atoms with Crippen molar-refractivity contribution in [1.29, 1.82) is 0 Å². The lowest BCUT2D eigenvalue weighted by Gasteiger charge is -2.35. The largest absolute Gasteiger partial charge is 0.379 e. The van der Waals surface area contributed by atoms with Gasteiger partial charge in [0.15, 0.2) is 17.4 Å². The van der Waals surface area contributed by atoms with Crippen LogP contribution in [-0.4, -0.2) is 64.9 Å². The molecule has 0 spiro atoms. The van der Waals surface area contributed by atoms with Gasteiger partial charge < -0.3 is 15.4 Å². The summed E-state index contributed by atoms with van der Waals surface area (Å²) in [6, 6.07) is 14.1. The first-order valence-electron chi connectivity index (χ1n) is 10.6. The first kappa shape index (κ1) is 24.7. The first-order valence-corrected chi connectivity index (χ1v) is 11.0. The first-order chi connectivity index (χ1) is 15.2. The Morgan fingerprint density at radius 3 is 2.78 bits per heavy atom. The lowest BCUT2D eigenvalue weighted by molar-refractivity contribution is 0.0170. The minimum Gasteiger partial charge on any atom is -0.379 e. The van der Waals surface area contributed by atoms with Crippen molar-refractivity contribution < 1.29 is 4.74 Å². The van der Waals surface area contributed by atoms with E-state index in [1.165, 1.54) is 5.56 Å². The van der Waals surface area contributed by atoms with Crippen LogP contribution in [0.4, 0.5) is 0 Å². The van der Waals surface area contributed by atoms with Crippen LogP contribution in [0.1, 0.15) is 24.4 Å². The molecule has 1 fully saturated rings. The number of halogens is 2. The highest BCUT2D eigenvalue weighted by Gasteiger charge is 2.23. The van der Waals surface area contributed by atoms with Gasteiger partial charge in [-0.2, -0.15) is 0 Å². The van der Waals surface area contributed by atoms with Gasteiger partial charge >= 0.3 is 0 Å². The van der Waals surface area contributed by atoms with Crippen LogP contribution in [0.2, 0.25) is 5.02 Å². The average molecular weight is 570 g/mol. The van der Waals surface area contributed by atoms with E-state index < -0.39 is 0 Å². The molecule has 3 aromatic rings. The van der Waals surface area contributed by atoms with Crippen molar-refractivity contribution in [2.24, 2.45) is 4.99 Å². The second kappa shape index (κ2) is 12.3. The Morgan fingerprint density at radius 2 is 2.00 bits per heavy atom. The van der Waals surface area contributed by atoms with Crippen LogP contribution < -0.4 is 10.6 Å². The Balaban J connectivity index is 0.00000289. The summed E-state index contributed by atoms with van der Waals surface area (Å²) < 4.78 is 7.50. The van der Waals surface area contributed by atoms with E-state index in [1.54, 1.807) is 0 Å². The Kier molecular flexibility index (Phi) is 9.51. The lowest BCUT2D eigenvalue weighted by Crippen LogP contribution is -2.46. The fourth-order valence-corrected chi connectivity index (χ4v) is 3.94. The summed E-state index contributed by atoms with van der Waals surface area (Å²) in [5, 5.41) is 16.0. The number of hydrogen-bond acceptors (Lipinski definition) is 5. The molecule has 0 bridgehead atoms. The van der Waals surface area contributed by atoms with Crippen LogP contribution in [0.5, 0.6) is 0 Å². The molecule has 1 aliphatic heterocycles. The Hall–Kier alpha value is -1.95. The van der Waals surface area contributed by atoms with Crippen LogP contribution in [0.15, 0.2) is 53.7 Å². The van der Waals surface area contributed by atoms with Crippen LogP contribution in [0.3, 0.4) is 0 Å². The van der Waals surface area contributed by atoms with Gasteiger partial charge in [-0.3, -0.25) is 9.30 Å². The monoisotopic (exact) mass is 569 g/mol. The Labute approximate surface area is 210 Å². The minimum atomic E-state index is 0. The highest BCUT2D eigenvalue weighted by Crippen LogP contribution is 2.24. The number of benzene rings is 1. The number of ether oxygens (including phenoxy) is 1. The second-order valence-electron chi connectivity index (χ2n) is 7.34. The molecule has 0 amide bonds. The van der Waals surface area contributed by atoms with Crippen molar-refractivity contribution in [1.82, 2.24) is 30.1 Å². The minimum absolute atomic E-state index is 0. The molecule has 10 heteroatoms. The maximum Gasteiger partial charge on any atom is 0.191 e. The van der Waals surface area contributed by atoms with Gasteiger partial charge in [0.05, 0.1) is 19.3 Å². The van der Waals surface area contributed by atoms with Gasteiger partial charge in [0.25, 0.3) is 0 Å². The third-order valence-corrected chi connectivity index (χ3v) is 5.52. The summed E-state index contributed by atoms with van der Waals surface area (Å²) in [7, 11) is 0. The SMILES string of the molecule is CCNC(=NCc1nnc2ccccn12)NCC(c1cccc(Cl)c1)N1CCOCC1.I. The van der Waals surface area contributed by atoms with Gasteiger partial charge in [0, 0.05) is 37.4 Å². The van der Waals surface area contributed by atoms with Crippen LogP contribution in [-0.2, 0) is 11.3 Å². The summed E-state index contributed by atoms with van der Waals surface area (Å²) in [6.45, 7) is 7.21. The average Bonchev–Trinajstić information content (AvgIpc) is 3.21. The topological polar surface area (TPSA) is 79.1 Å². The number of hydrogen-bond donors (Lipinski definition) is 2. The number of morpholine rings is 1. The van der Waals surface area contributed by atoms with E-state index in [-0.39, 0.29) is 30.0 Å². The third-order valence-electron chi connectivity index (χ3n) is 5.29. The molecule has 172 valence electrons. The zero-order valence-corrected chi connectivity index (χ0v) is 21.2. The standard InChI is InChI=1S/C22H28ClN7O.HI/c1-2-24-22(26-16-21-28-27-20-8-3-4-9-30(20)21)25-15-19(29-10-12-31-13-11-29)17-6-5-7-18(23)14-17;/h3-9,14,19H,2,10-13,15-16H2,1H3,(H2,24,25,26);1H. The van der Waals surface area contributed by atoms with E-state index in [4.69, 9.17) is 21.3 Å². The van der Waals surface area contributed by atoms with Gasteiger partial charge in [-0.05, 0) is 36.8 Å². The Bertz CT molecular complexity index is 1020. The van der Waals surface area contributed by atoms with Crippen molar-refractivity contribution in [2.45, 2.75) is 19.5 Å². The van der Waals surface area contributed by atoms with Gasteiger partial charge in [-0.25, -0.2) is 4.99 Å². The number of nitrogens with one attached hydrogen (secondary N) is 2. The van der Waals surface area contributed by atoms with E-state index >= 15 is 0 Å². The molecule has 1 aliphatic rings. The quantitative estimate of drug-likeness (QED) is 0.259. The van der Waals surface area contributed by atoms with Crippen molar-refractivity contribution in [3.63, 3.8) is 0 Å². The zero-order chi connectivity index (χ0) is 21.5. The maximum absolute atomic E-state index is 6.28. The smallest absolute Gasteiger partial charge is 0.191 e. The number of aromatic nitrogens is 3. The van der Waals surface area contributed by atoms with Crippen LogP contribution in [0, 0.1) is 0 Å². The molecule has 1 aromatic carbocycles. The molecular formula is C22H29ClIN7O. The van der Waals surface area contributed by atoms with E-state index in [0.29, 0.717) is 13.1 Å². The molecule has 2 N–H and O–H groups in total. The number of guanidine groups is 1. The number of pyridine rings is 1. The van der Waals surface area contributed by atoms with E-state index in [1.807, 2.05) is 47.0 Å². The third kappa shape index (κ3) is 6.31. The molecular weight excluding hydrogens is 541 g/mol. The molecule has 8 nitrogen and oxygen atoms in total. The molecule has 32 heavy (non-hydrogen) atoms. The van der Waals surface area contributed by atoms with Crippen molar-refractivity contribution >= 4 is 47.2 Å². The van der Waals surface area contributed by atoms with Crippen LogP contribution >= 0.6 is 35.6 Å². The van der Waals surface area contributed by atoms with Crippen molar-refractivity contribution in [3.05, 3.63) is 65.1 Å². The molecule has 4 rings (SSSR count). The number of aliphatic imine (C=N–C) groups is 1. The van der Waals surface area contributed by atoms with Gasteiger partial charge in [-0.15, -0.1) is 34.2 Å². The highest BCUT2D eigenvalue weighted by molar-refractivity contribution is 14.0. The molecule has 0 radical (unpaired) electrons. The summed E-state index contributed by atoms with van der Waals surface area (Å²) >= 11 is 6.28. The van der Waals surface area contributed by atoms with Gasteiger partial charge in [-0.1, -0.05) is 29.8 Å². The van der Waals surface area contributed by atoms with Gasteiger partial charge in [0.1, 0.15) is 6.54 Å². The molecule has 0 aliphatic carbocycles. The summed E-state index contributed by atoms with van der Waals surface area (Å²) in [6.07, 6.45) is 1.95. The molecule has 0 saturated carbocycles. The molecule has 2 aromatic heterocycles. The number of nitrogens with zero attached hydrogens (tertiary/aromatic N) is 5. The second-order valence-corrected chi connectivity index (χ2v) is 7.78. The lowest BCUT2D eigenvalue weighted by atomic mass is 10.0. The van der Waals surface area contributed by atoms with Gasteiger partial charge in [0.2, 0.25) is 0 Å². The van der Waals surface area contributed by atoms with E-state index in [2.05, 4.69) is 38.7 Å². The summed E-state index contributed by atoms with van der Waals surface area (Å²) in [5.74, 6) is 1.54. The van der Waals surface area contributed by atoms with E-state index in [0.717, 1.165) is 55.3 Å². The van der Waals surface area contributed by atoms with Crippen molar-refractivity contribution in [2.75, 3.05) is 39.4 Å². The number of rotatable bonds is 7. The fourth-order valence-electron chi connectivity index (χ4n) is 3.74. The summed E-state index contributed by atoms with van der Waals surface area (Å²) in [4.78, 5) is 7.16. The predicted octanol–water partition coefficient (Wildman–Crippen LogP) is 3.13. The number of fused-ring (bicyclic) bond motifs is 1. The summed E-state index contributed by atoms with van der Waals surface area (Å²) in [5.41, 5.74) is 2.00. The zero-order valence-electron chi connectivity index (χ0n) is 18.1. The molecule has 3 heterocycles. The van der Waals surface area contributed by atoms with Crippen LogP contribution in [0.25, 0.3) is 5.65 Å². The Morgan fingerprint density at radius 1 is 1.16 bits per heavy atom. The molecule has 1 unspecified atom stereocenters. The predicted molar refractivity (Wildman–Crippen MR) is 138 cm³/mol. The fraction of sp³-hybridized carbons (Fsp3) is 0.409.